The zero-order valence-corrected chi connectivity index (χ0v) is 10.5. The van der Waals surface area contributed by atoms with Crippen LogP contribution in [0.4, 0.5) is 5.13 Å². The average molecular weight is 252 g/mol. The van der Waals surface area contributed by atoms with E-state index in [1.165, 1.54) is 24.2 Å². The van der Waals surface area contributed by atoms with Crippen molar-refractivity contribution in [3.05, 3.63) is 10.6 Å². The van der Waals surface area contributed by atoms with Crippen molar-refractivity contribution in [2.75, 3.05) is 31.2 Å². The molecular formula is C12H16N2O2S. The summed E-state index contributed by atoms with van der Waals surface area (Å²) >= 11 is 1.53. The van der Waals surface area contributed by atoms with Gasteiger partial charge < -0.3 is 9.64 Å². The lowest BCUT2D eigenvalue weighted by Gasteiger charge is -2.17. The van der Waals surface area contributed by atoms with Crippen molar-refractivity contribution in [1.82, 2.24) is 4.98 Å². The number of aromatic nitrogens is 1. The maximum absolute atomic E-state index is 11.1. The van der Waals surface area contributed by atoms with Gasteiger partial charge in [0, 0.05) is 25.6 Å². The normalized spacial score (nSPS) is 21.3. The SMILES string of the molecule is O=Cc1sc(N2CCCOCC2)nc1C1CC1. The molecule has 0 bridgehead atoms. The van der Waals surface area contributed by atoms with Crippen molar-refractivity contribution >= 4 is 22.8 Å². The number of carbonyl (C=O) groups is 1. The van der Waals surface area contributed by atoms with Crippen LogP contribution in [0, 0.1) is 0 Å². The molecule has 0 radical (unpaired) electrons. The Morgan fingerprint density at radius 3 is 3.00 bits per heavy atom. The molecule has 0 aromatic carbocycles. The second kappa shape index (κ2) is 4.74. The van der Waals surface area contributed by atoms with Gasteiger partial charge in [-0.25, -0.2) is 4.98 Å². The third-order valence-electron chi connectivity index (χ3n) is 3.23. The first kappa shape index (κ1) is 11.2. The summed E-state index contributed by atoms with van der Waals surface area (Å²) in [6, 6.07) is 0. The number of hydrogen-bond acceptors (Lipinski definition) is 5. The van der Waals surface area contributed by atoms with E-state index in [1.54, 1.807) is 0 Å². The Bertz CT molecular complexity index is 407. The number of rotatable bonds is 3. The van der Waals surface area contributed by atoms with Crippen LogP contribution in [0.1, 0.15) is 40.5 Å². The van der Waals surface area contributed by atoms with Gasteiger partial charge in [0.15, 0.2) is 11.4 Å². The van der Waals surface area contributed by atoms with Gasteiger partial charge in [0.2, 0.25) is 0 Å². The van der Waals surface area contributed by atoms with Gasteiger partial charge >= 0.3 is 0 Å². The Morgan fingerprint density at radius 1 is 1.35 bits per heavy atom. The summed E-state index contributed by atoms with van der Waals surface area (Å²) < 4.78 is 5.44. The minimum atomic E-state index is 0.545. The van der Waals surface area contributed by atoms with Crippen molar-refractivity contribution in [3.8, 4) is 0 Å². The number of ether oxygens (including phenoxy) is 1. The standard InChI is InChI=1S/C12H16N2O2S/c15-8-10-11(9-2-3-9)13-12(17-10)14-4-1-6-16-7-5-14/h8-9H,1-7H2. The van der Waals surface area contributed by atoms with Crippen LogP contribution in [0.25, 0.3) is 0 Å². The van der Waals surface area contributed by atoms with Gasteiger partial charge in [0.25, 0.3) is 0 Å². The van der Waals surface area contributed by atoms with E-state index >= 15 is 0 Å². The largest absolute Gasteiger partial charge is 0.380 e. The number of thiazole rings is 1. The molecule has 0 amide bonds. The van der Waals surface area contributed by atoms with Crippen LogP contribution in [0.15, 0.2) is 0 Å². The summed E-state index contributed by atoms with van der Waals surface area (Å²) in [6.07, 6.45) is 4.37. The van der Waals surface area contributed by atoms with Crippen LogP contribution in [0.3, 0.4) is 0 Å². The Hall–Kier alpha value is -0.940. The van der Waals surface area contributed by atoms with Crippen LogP contribution >= 0.6 is 11.3 Å². The van der Waals surface area contributed by atoms with E-state index in [-0.39, 0.29) is 0 Å². The summed E-state index contributed by atoms with van der Waals surface area (Å²) in [6.45, 7) is 3.46. The summed E-state index contributed by atoms with van der Waals surface area (Å²) in [5, 5.41) is 1.000. The molecule has 1 aromatic rings. The Morgan fingerprint density at radius 2 is 2.24 bits per heavy atom. The highest BCUT2D eigenvalue weighted by atomic mass is 32.1. The molecule has 0 atom stereocenters. The Labute approximate surface area is 105 Å². The van der Waals surface area contributed by atoms with Crippen molar-refractivity contribution in [2.24, 2.45) is 0 Å². The topological polar surface area (TPSA) is 42.4 Å². The van der Waals surface area contributed by atoms with Crippen LogP contribution < -0.4 is 4.90 Å². The number of carbonyl (C=O) groups excluding carboxylic acids is 1. The number of nitrogens with zero attached hydrogens (tertiary/aromatic N) is 2. The fourth-order valence-corrected chi connectivity index (χ4v) is 3.16. The van der Waals surface area contributed by atoms with Gasteiger partial charge in [-0.3, -0.25) is 4.79 Å². The molecule has 1 aliphatic carbocycles. The van der Waals surface area contributed by atoms with E-state index in [0.717, 1.165) is 54.7 Å². The van der Waals surface area contributed by atoms with Crippen molar-refractivity contribution in [3.63, 3.8) is 0 Å². The summed E-state index contributed by atoms with van der Waals surface area (Å²) in [4.78, 5) is 18.8. The summed E-state index contributed by atoms with van der Waals surface area (Å²) in [7, 11) is 0. The Balaban J connectivity index is 1.83. The van der Waals surface area contributed by atoms with Gasteiger partial charge in [-0.2, -0.15) is 0 Å². The Kier molecular flexibility index (Phi) is 3.11. The first-order valence-electron chi connectivity index (χ1n) is 6.17. The smallest absolute Gasteiger partial charge is 0.186 e. The average Bonchev–Trinajstić information content (AvgIpc) is 3.14. The first-order chi connectivity index (χ1) is 8.38. The molecule has 92 valence electrons. The minimum absolute atomic E-state index is 0.545. The fourth-order valence-electron chi connectivity index (χ4n) is 2.14. The second-order valence-corrected chi connectivity index (χ2v) is 5.60. The van der Waals surface area contributed by atoms with Crippen LogP contribution in [-0.4, -0.2) is 37.6 Å². The molecule has 1 aliphatic heterocycles. The molecule has 5 heteroatoms. The monoisotopic (exact) mass is 252 g/mol. The minimum Gasteiger partial charge on any atom is -0.380 e. The third-order valence-corrected chi connectivity index (χ3v) is 4.29. The van der Waals surface area contributed by atoms with Gasteiger partial charge in [-0.1, -0.05) is 11.3 Å². The lowest BCUT2D eigenvalue weighted by atomic mass is 10.3. The quantitative estimate of drug-likeness (QED) is 0.772. The number of anilines is 1. The zero-order valence-electron chi connectivity index (χ0n) is 9.72. The molecule has 0 spiro atoms. The first-order valence-corrected chi connectivity index (χ1v) is 6.98. The molecule has 2 heterocycles. The van der Waals surface area contributed by atoms with Crippen molar-refractivity contribution in [1.29, 1.82) is 0 Å². The predicted octanol–water partition coefficient (Wildman–Crippen LogP) is 2.06. The molecule has 2 aliphatic rings. The lowest BCUT2D eigenvalue weighted by Crippen LogP contribution is -2.25. The highest BCUT2D eigenvalue weighted by Gasteiger charge is 2.30. The highest BCUT2D eigenvalue weighted by Crippen LogP contribution is 2.43. The number of hydrogen-bond donors (Lipinski definition) is 0. The van der Waals surface area contributed by atoms with E-state index in [4.69, 9.17) is 4.74 Å². The van der Waals surface area contributed by atoms with E-state index < -0.39 is 0 Å². The van der Waals surface area contributed by atoms with Crippen LogP contribution in [0.5, 0.6) is 0 Å². The molecule has 0 unspecified atom stereocenters. The van der Waals surface area contributed by atoms with E-state index in [1.807, 2.05) is 0 Å². The molecule has 4 nitrogen and oxygen atoms in total. The second-order valence-electron chi connectivity index (χ2n) is 4.59. The molecular weight excluding hydrogens is 236 g/mol. The van der Waals surface area contributed by atoms with Crippen LogP contribution in [-0.2, 0) is 4.74 Å². The van der Waals surface area contributed by atoms with Gasteiger partial charge in [0.05, 0.1) is 17.2 Å². The maximum atomic E-state index is 11.1. The number of aldehydes is 1. The zero-order chi connectivity index (χ0) is 11.7. The highest BCUT2D eigenvalue weighted by molar-refractivity contribution is 7.17. The van der Waals surface area contributed by atoms with Gasteiger partial charge in [-0.05, 0) is 19.3 Å². The molecule has 1 saturated carbocycles. The van der Waals surface area contributed by atoms with E-state index in [9.17, 15) is 4.79 Å². The molecule has 17 heavy (non-hydrogen) atoms. The van der Waals surface area contributed by atoms with Crippen molar-refractivity contribution < 1.29 is 9.53 Å². The third kappa shape index (κ3) is 2.35. The van der Waals surface area contributed by atoms with E-state index in [2.05, 4.69) is 9.88 Å². The lowest BCUT2D eigenvalue weighted by molar-refractivity contribution is 0.112. The molecule has 1 aromatic heterocycles. The van der Waals surface area contributed by atoms with Gasteiger partial charge in [-0.15, -0.1) is 0 Å². The molecule has 2 fully saturated rings. The van der Waals surface area contributed by atoms with E-state index in [0.29, 0.717) is 5.92 Å². The molecule has 1 saturated heterocycles. The summed E-state index contributed by atoms with van der Waals surface area (Å²) in [5.74, 6) is 0.545. The van der Waals surface area contributed by atoms with Gasteiger partial charge in [0.1, 0.15) is 0 Å². The van der Waals surface area contributed by atoms with Crippen LogP contribution in [0.2, 0.25) is 0 Å². The van der Waals surface area contributed by atoms with Crippen molar-refractivity contribution in [2.45, 2.75) is 25.2 Å². The summed E-state index contributed by atoms with van der Waals surface area (Å²) in [5.41, 5.74) is 1.03. The molecule has 3 rings (SSSR count). The molecule has 0 N–H and O–H groups in total. The maximum Gasteiger partial charge on any atom is 0.186 e. The predicted molar refractivity (Wildman–Crippen MR) is 67.1 cm³/mol. The fraction of sp³-hybridized carbons (Fsp3) is 0.667.